The van der Waals surface area contributed by atoms with E-state index < -0.39 is 0 Å². The van der Waals surface area contributed by atoms with E-state index in [9.17, 15) is 4.79 Å². The van der Waals surface area contributed by atoms with E-state index in [-0.39, 0.29) is 11.9 Å². The molecular formula is C23H28N4O. The number of piperidine rings is 1. The Balaban J connectivity index is 1.41. The number of rotatable bonds is 5. The van der Waals surface area contributed by atoms with E-state index in [0.29, 0.717) is 5.69 Å². The SMILES string of the molecule is CCc1nc2ccc(C)cn2c1C(=O)NC1CCN(Cc2ccccc2)CC1. The van der Waals surface area contributed by atoms with Crippen LogP contribution in [0.15, 0.2) is 48.7 Å². The zero-order valence-corrected chi connectivity index (χ0v) is 16.7. The average molecular weight is 377 g/mol. The first-order chi connectivity index (χ1) is 13.6. The van der Waals surface area contributed by atoms with Crippen molar-refractivity contribution in [3.8, 4) is 0 Å². The molecule has 0 bridgehead atoms. The lowest BCUT2D eigenvalue weighted by Crippen LogP contribution is -2.44. The summed E-state index contributed by atoms with van der Waals surface area (Å²) in [5, 5.41) is 3.27. The number of likely N-dealkylation sites (tertiary alicyclic amines) is 1. The molecule has 1 saturated heterocycles. The Kier molecular flexibility index (Phi) is 5.44. The predicted molar refractivity (Wildman–Crippen MR) is 112 cm³/mol. The van der Waals surface area contributed by atoms with Crippen molar-refractivity contribution in [1.82, 2.24) is 19.6 Å². The predicted octanol–water partition coefficient (Wildman–Crippen LogP) is 3.60. The molecule has 3 heterocycles. The van der Waals surface area contributed by atoms with Crippen molar-refractivity contribution in [3.63, 3.8) is 0 Å². The molecular weight excluding hydrogens is 348 g/mol. The molecule has 1 aromatic carbocycles. The molecule has 1 fully saturated rings. The van der Waals surface area contributed by atoms with Crippen LogP contribution in [0.1, 0.15) is 47.1 Å². The highest BCUT2D eigenvalue weighted by Crippen LogP contribution is 2.18. The van der Waals surface area contributed by atoms with Gasteiger partial charge in [-0.15, -0.1) is 0 Å². The number of aryl methyl sites for hydroxylation is 2. The number of fused-ring (bicyclic) bond motifs is 1. The van der Waals surface area contributed by atoms with Gasteiger partial charge in [-0.05, 0) is 43.4 Å². The van der Waals surface area contributed by atoms with Gasteiger partial charge in [-0.1, -0.05) is 43.3 Å². The Bertz CT molecular complexity index is 955. The smallest absolute Gasteiger partial charge is 0.270 e. The summed E-state index contributed by atoms with van der Waals surface area (Å²) in [4.78, 5) is 20.2. The molecule has 1 amide bonds. The van der Waals surface area contributed by atoms with Crippen molar-refractivity contribution in [2.45, 2.75) is 45.7 Å². The Morgan fingerprint density at radius 2 is 1.89 bits per heavy atom. The Morgan fingerprint density at radius 3 is 2.61 bits per heavy atom. The molecule has 3 aromatic rings. The van der Waals surface area contributed by atoms with E-state index in [1.54, 1.807) is 0 Å². The number of pyridine rings is 1. The quantitative estimate of drug-likeness (QED) is 0.740. The first kappa shape index (κ1) is 18.7. The standard InChI is InChI=1S/C23H28N4O/c1-3-20-22(27-15-17(2)9-10-21(27)25-20)23(28)24-19-11-13-26(14-12-19)16-18-7-5-4-6-8-18/h4-10,15,19H,3,11-14,16H2,1-2H3,(H,24,28). The van der Waals surface area contributed by atoms with Crippen LogP contribution in [0.5, 0.6) is 0 Å². The molecule has 1 aliphatic heterocycles. The summed E-state index contributed by atoms with van der Waals surface area (Å²) >= 11 is 0. The largest absolute Gasteiger partial charge is 0.348 e. The van der Waals surface area contributed by atoms with E-state index in [2.05, 4.69) is 45.5 Å². The molecule has 0 aliphatic carbocycles. The van der Waals surface area contributed by atoms with Crippen LogP contribution in [0.4, 0.5) is 0 Å². The van der Waals surface area contributed by atoms with Crippen LogP contribution < -0.4 is 5.32 Å². The second-order valence-electron chi connectivity index (χ2n) is 7.70. The van der Waals surface area contributed by atoms with Gasteiger partial charge in [0.15, 0.2) is 0 Å². The van der Waals surface area contributed by atoms with Gasteiger partial charge in [-0.3, -0.25) is 14.1 Å². The summed E-state index contributed by atoms with van der Waals surface area (Å²) in [6.45, 7) is 7.08. The fourth-order valence-electron chi connectivity index (χ4n) is 4.02. The third kappa shape index (κ3) is 3.94. The minimum Gasteiger partial charge on any atom is -0.348 e. The summed E-state index contributed by atoms with van der Waals surface area (Å²) in [6, 6.07) is 14.8. The van der Waals surface area contributed by atoms with Gasteiger partial charge in [0.2, 0.25) is 0 Å². The van der Waals surface area contributed by atoms with Gasteiger partial charge in [0.05, 0.1) is 5.69 Å². The number of carbonyl (C=O) groups excluding carboxylic acids is 1. The number of carbonyl (C=O) groups is 1. The molecule has 0 unspecified atom stereocenters. The van der Waals surface area contributed by atoms with Crippen molar-refractivity contribution in [2.75, 3.05) is 13.1 Å². The molecule has 0 radical (unpaired) electrons. The Labute approximate surface area is 166 Å². The molecule has 146 valence electrons. The Morgan fingerprint density at radius 1 is 1.14 bits per heavy atom. The fraction of sp³-hybridized carbons (Fsp3) is 0.391. The molecule has 0 atom stereocenters. The second kappa shape index (κ2) is 8.15. The van der Waals surface area contributed by atoms with Crippen LogP contribution in [0.2, 0.25) is 0 Å². The maximum atomic E-state index is 13.1. The van der Waals surface area contributed by atoms with Gasteiger partial charge in [0.1, 0.15) is 11.3 Å². The summed E-state index contributed by atoms with van der Waals surface area (Å²) in [5.74, 6) is -0.00328. The van der Waals surface area contributed by atoms with Crippen molar-refractivity contribution in [3.05, 3.63) is 71.2 Å². The van der Waals surface area contributed by atoms with Gasteiger partial charge in [-0.2, -0.15) is 0 Å². The Hall–Kier alpha value is -2.66. The lowest BCUT2D eigenvalue weighted by molar-refractivity contribution is 0.0902. The van der Waals surface area contributed by atoms with E-state index in [4.69, 9.17) is 0 Å². The highest BCUT2D eigenvalue weighted by Gasteiger charge is 2.24. The highest BCUT2D eigenvalue weighted by molar-refractivity contribution is 5.95. The van der Waals surface area contributed by atoms with Crippen molar-refractivity contribution >= 4 is 11.6 Å². The molecule has 5 heteroatoms. The monoisotopic (exact) mass is 376 g/mol. The number of nitrogens with zero attached hydrogens (tertiary/aromatic N) is 3. The summed E-state index contributed by atoms with van der Waals surface area (Å²) in [5.41, 5.74) is 4.86. The zero-order valence-electron chi connectivity index (χ0n) is 16.7. The lowest BCUT2D eigenvalue weighted by Gasteiger charge is -2.32. The summed E-state index contributed by atoms with van der Waals surface area (Å²) < 4.78 is 1.94. The normalized spacial score (nSPS) is 15.8. The molecule has 5 nitrogen and oxygen atoms in total. The van der Waals surface area contributed by atoms with Gasteiger partial charge < -0.3 is 5.32 Å². The number of nitrogens with one attached hydrogen (secondary N) is 1. The van der Waals surface area contributed by atoms with Crippen LogP contribution in [0.3, 0.4) is 0 Å². The van der Waals surface area contributed by atoms with Crippen molar-refractivity contribution < 1.29 is 4.79 Å². The molecule has 2 aromatic heterocycles. The van der Waals surface area contributed by atoms with Crippen LogP contribution in [0.25, 0.3) is 5.65 Å². The zero-order chi connectivity index (χ0) is 19.5. The van der Waals surface area contributed by atoms with Crippen LogP contribution in [-0.2, 0) is 13.0 Å². The fourth-order valence-corrected chi connectivity index (χ4v) is 4.02. The number of benzene rings is 1. The molecule has 28 heavy (non-hydrogen) atoms. The number of hydrogen-bond acceptors (Lipinski definition) is 3. The molecule has 1 N–H and O–H groups in total. The lowest BCUT2D eigenvalue weighted by atomic mass is 10.0. The van der Waals surface area contributed by atoms with Crippen molar-refractivity contribution in [1.29, 1.82) is 0 Å². The summed E-state index contributed by atoms with van der Waals surface area (Å²) in [6.07, 6.45) is 4.71. The second-order valence-corrected chi connectivity index (χ2v) is 7.70. The number of hydrogen-bond donors (Lipinski definition) is 1. The number of amides is 1. The molecule has 0 saturated carbocycles. The van der Waals surface area contributed by atoms with Crippen LogP contribution in [0, 0.1) is 6.92 Å². The van der Waals surface area contributed by atoms with E-state index >= 15 is 0 Å². The first-order valence-electron chi connectivity index (χ1n) is 10.2. The maximum Gasteiger partial charge on any atom is 0.270 e. The minimum atomic E-state index is -0.00328. The van der Waals surface area contributed by atoms with E-state index in [0.717, 1.165) is 55.8 Å². The number of imidazole rings is 1. The minimum absolute atomic E-state index is 0.00328. The maximum absolute atomic E-state index is 13.1. The molecule has 4 rings (SSSR count). The van der Waals surface area contributed by atoms with Gasteiger partial charge in [0, 0.05) is 31.9 Å². The van der Waals surface area contributed by atoms with Gasteiger partial charge in [0.25, 0.3) is 5.91 Å². The molecule has 0 spiro atoms. The van der Waals surface area contributed by atoms with E-state index in [1.165, 1.54) is 5.56 Å². The van der Waals surface area contributed by atoms with Crippen molar-refractivity contribution in [2.24, 2.45) is 0 Å². The molecule has 1 aliphatic rings. The number of aromatic nitrogens is 2. The topological polar surface area (TPSA) is 49.6 Å². The van der Waals surface area contributed by atoms with Crippen LogP contribution in [-0.4, -0.2) is 39.3 Å². The third-order valence-corrected chi connectivity index (χ3v) is 5.56. The summed E-state index contributed by atoms with van der Waals surface area (Å²) in [7, 11) is 0. The van der Waals surface area contributed by atoms with E-state index in [1.807, 2.05) is 36.6 Å². The third-order valence-electron chi connectivity index (χ3n) is 5.56. The highest BCUT2D eigenvalue weighted by atomic mass is 16.2. The average Bonchev–Trinajstić information content (AvgIpc) is 3.08. The van der Waals surface area contributed by atoms with Gasteiger partial charge >= 0.3 is 0 Å². The van der Waals surface area contributed by atoms with Crippen LogP contribution >= 0.6 is 0 Å². The first-order valence-corrected chi connectivity index (χ1v) is 10.2. The van der Waals surface area contributed by atoms with Gasteiger partial charge in [-0.25, -0.2) is 4.98 Å².